The van der Waals surface area contributed by atoms with Gasteiger partial charge in [0.1, 0.15) is 11.5 Å². The van der Waals surface area contributed by atoms with Gasteiger partial charge >= 0.3 is 6.03 Å². The largest absolute Gasteiger partial charge is 0.497 e. The van der Waals surface area contributed by atoms with E-state index in [9.17, 15) is 9.59 Å². The molecule has 2 aromatic rings. The SMILES string of the molecule is COc1ccc(OC)c(N2CCN(C(=O)Nc3cccc(NC(C)=O)c3)CC2)c1. The number of rotatable bonds is 5. The van der Waals surface area contributed by atoms with Crippen molar-refractivity contribution in [3.8, 4) is 11.5 Å². The number of carbonyl (C=O) groups is 2. The molecule has 3 amide bonds. The first kappa shape index (κ1) is 20.3. The standard InChI is InChI=1S/C21H26N4O4/c1-15(26)22-16-5-4-6-17(13-16)23-21(27)25-11-9-24(10-12-25)19-14-18(28-2)7-8-20(19)29-3/h4-8,13-14H,9-12H2,1-3H3,(H,22,26)(H,23,27). The fourth-order valence-corrected chi connectivity index (χ4v) is 3.27. The van der Waals surface area contributed by atoms with E-state index in [1.807, 2.05) is 18.2 Å². The molecule has 3 rings (SSSR count). The van der Waals surface area contributed by atoms with Gasteiger partial charge in [-0.05, 0) is 30.3 Å². The van der Waals surface area contributed by atoms with Gasteiger partial charge in [0, 0.05) is 50.5 Å². The van der Waals surface area contributed by atoms with Crippen LogP contribution in [0.15, 0.2) is 42.5 Å². The summed E-state index contributed by atoms with van der Waals surface area (Å²) in [6.45, 7) is 3.98. The molecule has 8 nitrogen and oxygen atoms in total. The first-order chi connectivity index (χ1) is 14.0. The third-order valence-corrected chi connectivity index (χ3v) is 4.73. The number of piperazine rings is 1. The van der Waals surface area contributed by atoms with Crippen molar-refractivity contribution in [2.75, 3.05) is 55.9 Å². The van der Waals surface area contributed by atoms with Crippen LogP contribution >= 0.6 is 0 Å². The molecule has 0 bridgehead atoms. The minimum absolute atomic E-state index is 0.155. The average Bonchev–Trinajstić information content (AvgIpc) is 2.73. The Morgan fingerprint density at radius 3 is 2.21 bits per heavy atom. The maximum Gasteiger partial charge on any atom is 0.321 e. The van der Waals surface area contributed by atoms with Gasteiger partial charge in [-0.25, -0.2) is 4.79 Å². The molecule has 154 valence electrons. The number of anilines is 3. The number of hydrogen-bond donors (Lipinski definition) is 2. The maximum atomic E-state index is 12.6. The zero-order valence-electron chi connectivity index (χ0n) is 16.9. The Morgan fingerprint density at radius 2 is 1.59 bits per heavy atom. The molecule has 0 radical (unpaired) electrons. The summed E-state index contributed by atoms with van der Waals surface area (Å²) >= 11 is 0. The number of carbonyl (C=O) groups excluding carboxylic acids is 2. The average molecular weight is 398 g/mol. The number of amides is 3. The topological polar surface area (TPSA) is 83.1 Å². The van der Waals surface area contributed by atoms with Gasteiger partial charge in [-0.15, -0.1) is 0 Å². The van der Waals surface area contributed by atoms with Gasteiger partial charge in [0.15, 0.2) is 0 Å². The van der Waals surface area contributed by atoms with Gasteiger partial charge < -0.3 is 29.9 Å². The van der Waals surface area contributed by atoms with Crippen molar-refractivity contribution in [1.82, 2.24) is 4.90 Å². The van der Waals surface area contributed by atoms with E-state index in [1.165, 1.54) is 6.92 Å². The van der Waals surface area contributed by atoms with Crippen LogP contribution in [0.1, 0.15) is 6.92 Å². The first-order valence-corrected chi connectivity index (χ1v) is 9.40. The fourth-order valence-electron chi connectivity index (χ4n) is 3.27. The van der Waals surface area contributed by atoms with E-state index in [0.717, 1.165) is 17.2 Å². The maximum absolute atomic E-state index is 12.6. The van der Waals surface area contributed by atoms with Crippen LogP contribution in [0.4, 0.5) is 21.9 Å². The second-order valence-electron chi connectivity index (χ2n) is 6.70. The van der Waals surface area contributed by atoms with Crippen molar-refractivity contribution in [3.05, 3.63) is 42.5 Å². The summed E-state index contributed by atoms with van der Waals surface area (Å²) in [5, 5.41) is 5.60. The van der Waals surface area contributed by atoms with E-state index < -0.39 is 0 Å². The lowest BCUT2D eigenvalue weighted by atomic mass is 10.2. The number of nitrogens with one attached hydrogen (secondary N) is 2. The molecule has 1 heterocycles. The summed E-state index contributed by atoms with van der Waals surface area (Å²) in [5.41, 5.74) is 2.23. The Balaban J connectivity index is 1.61. The molecular weight excluding hydrogens is 372 g/mol. The normalized spacial score (nSPS) is 13.6. The predicted molar refractivity (Wildman–Crippen MR) is 113 cm³/mol. The number of methoxy groups -OCH3 is 2. The van der Waals surface area contributed by atoms with Crippen LogP contribution in [0, 0.1) is 0 Å². The number of nitrogens with zero attached hydrogens (tertiary/aromatic N) is 2. The van der Waals surface area contributed by atoms with Crippen molar-refractivity contribution in [2.45, 2.75) is 6.92 Å². The second-order valence-corrected chi connectivity index (χ2v) is 6.70. The van der Waals surface area contributed by atoms with Gasteiger partial charge in [0.05, 0.1) is 19.9 Å². The molecule has 1 aliphatic rings. The summed E-state index contributed by atoms with van der Waals surface area (Å²) in [7, 11) is 3.28. The first-order valence-electron chi connectivity index (χ1n) is 9.40. The highest BCUT2D eigenvalue weighted by molar-refractivity contribution is 5.92. The molecule has 1 saturated heterocycles. The lowest BCUT2D eigenvalue weighted by Crippen LogP contribution is -2.50. The highest BCUT2D eigenvalue weighted by Crippen LogP contribution is 2.33. The molecule has 0 atom stereocenters. The lowest BCUT2D eigenvalue weighted by molar-refractivity contribution is -0.114. The van der Waals surface area contributed by atoms with Crippen molar-refractivity contribution >= 4 is 29.0 Å². The van der Waals surface area contributed by atoms with Crippen LogP contribution in [0.5, 0.6) is 11.5 Å². The highest BCUT2D eigenvalue weighted by Gasteiger charge is 2.23. The third kappa shape index (κ3) is 5.10. The van der Waals surface area contributed by atoms with E-state index in [0.29, 0.717) is 37.6 Å². The van der Waals surface area contributed by atoms with Crippen LogP contribution in [-0.2, 0) is 4.79 Å². The Bertz CT molecular complexity index is 879. The minimum Gasteiger partial charge on any atom is -0.497 e. The summed E-state index contributed by atoms with van der Waals surface area (Å²) in [4.78, 5) is 27.8. The van der Waals surface area contributed by atoms with E-state index >= 15 is 0 Å². The number of urea groups is 1. The zero-order chi connectivity index (χ0) is 20.8. The van der Waals surface area contributed by atoms with Gasteiger partial charge in [-0.1, -0.05) is 6.07 Å². The van der Waals surface area contributed by atoms with Crippen molar-refractivity contribution in [2.24, 2.45) is 0 Å². The van der Waals surface area contributed by atoms with Crippen LogP contribution in [0.25, 0.3) is 0 Å². The van der Waals surface area contributed by atoms with Crippen LogP contribution in [0.2, 0.25) is 0 Å². The van der Waals surface area contributed by atoms with Gasteiger partial charge in [0.2, 0.25) is 5.91 Å². The lowest BCUT2D eigenvalue weighted by Gasteiger charge is -2.36. The number of benzene rings is 2. The van der Waals surface area contributed by atoms with Gasteiger partial charge in [-0.2, -0.15) is 0 Å². The smallest absolute Gasteiger partial charge is 0.321 e. The second kappa shape index (κ2) is 9.18. The minimum atomic E-state index is -0.165. The van der Waals surface area contributed by atoms with Gasteiger partial charge in [0.25, 0.3) is 0 Å². The van der Waals surface area contributed by atoms with E-state index in [4.69, 9.17) is 9.47 Å². The molecule has 8 heteroatoms. The molecular formula is C21H26N4O4. The molecule has 0 aromatic heterocycles. The monoisotopic (exact) mass is 398 g/mol. The number of ether oxygens (including phenoxy) is 2. The van der Waals surface area contributed by atoms with Crippen LogP contribution < -0.4 is 25.0 Å². The summed E-state index contributed by atoms with van der Waals surface area (Å²) < 4.78 is 10.8. The summed E-state index contributed by atoms with van der Waals surface area (Å²) in [5.74, 6) is 1.39. The summed E-state index contributed by atoms with van der Waals surface area (Å²) in [6.07, 6.45) is 0. The predicted octanol–water partition coefficient (Wildman–Crippen LogP) is 3.02. The molecule has 0 saturated carbocycles. The molecule has 0 aliphatic carbocycles. The van der Waals surface area contributed by atoms with Gasteiger partial charge in [-0.3, -0.25) is 4.79 Å². The van der Waals surface area contributed by atoms with E-state index in [-0.39, 0.29) is 11.9 Å². The van der Waals surface area contributed by atoms with Crippen molar-refractivity contribution in [1.29, 1.82) is 0 Å². The Labute approximate surface area is 170 Å². The molecule has 0 spiro atoms. The Hall–Kier alpha value is -3.42. The highest BCUT2D eigenvalue weighted by atomic mass is 16.5. The van der Waals surface area contributed by atoms with E-state index in [1.54, 1.807) is 43.4 Å². The Kier molecular flexibility index (Phi) is 6.43. The molecule has 2 N–H and O–H groups in total. The zero-order valence-corrected chi connectivity index (χ0v) is 16.9. The van der Waals surface area contributed by atoms with Crippen LogP contribution in [0.3, 0.4) is 0 Å². The molecule has 29 heavy (non-hydrogen) atoms. The Morgan fingerprint density at radius 1 is 0.897 bits per heavy atom. The quantitative estimate of drug-likeness (QED) is 0.809. The van der Waals surface area contributed by atoms with Crippen LogP contribution in [-0.4, -0.2) is 57.2 Å². The summed E-state index contributed by atoms with van der Waals surface area (Å²) in [6, 6.07) is 12.6. The fraction of sp³-hybridized carbons (Fsp3) is 0.333. The molecule has 0 unspecified atom stereocenters. The van der Waals surface area contributed by atoms with Crippen molar-refractivity contribution < 1.29 is 19.1 Å². The van der Waals surface area contributed by atoms with Crippen molar-refractivity contribution in [3.63, 3.8) is 0 Å². The molecule has 2 aromatic carbocycles. The number of hydrogen-bond acceptors (Lipinski definition) is 5. The molecule has 1 aliphatic heterocycles. The third-order valence-electron chi connectivity index (χ3n) is 4.73. The molecule has 1 fully saturated rings. The van der Waals surface area contributed by atoms with E-state index in [2.05, 4.69) is 15.5 Å².